The van der Waals surface area contributed by atoms with Crippen molar-refractivity contribution in [3.05, 3.63) is 0 Å². The number of quaternary nitrogens is 1. The van der Waals surface area contributed by atoms with Crippen molar-refractivity contribution in [3.8, 4) is 0 Å². The van der Waals surface area contributed by atoms with E-state index in [1.165, 1.54) is 30.7 Å². The van der Waals surface area contributed by atoms with Crippen molar-refractivity contribution in [3.63, 3.8) is 0 Å². The summed E-state index contributed by atoms with van der Waals surface area (Å²) in [7, 11) is 14.8. The fourth-order valence-corrected chi connectivity index (χ4v) is 1.34. The highest BCUT2D eigenvalue weighted by molar-refractivity contribution is 7.54. The highest BCUT2D eigenvalue weighted by Gasteiger charge is 2.16. The van der Waals surface area contributed by atoms with Crippen molar-refractivity contribution in [1.29, 1.82) is 0 Å². The minimum atomic E-state index is -1.72. The molecule has 0 heterocycles. The summed E-state index contributed by atoms with van der Waals surface area (Å²) in [6.07, 6.45) is 0. The molecule has 0 amide bonds. The third kappa shape index (κ3) is 11.4. The Morgan fingerprint density at radius 2 is 0.929 bits per heavy atom. The lowest BCUT2D eigenvalue weighted by molar-refractivity contribution is -0.921. The van der Waals surface area contributed by atoms with E-state index < -0.39 is 11.4 Å². The summed E-state index contributed by atoms with van der Waals surface area (Å²) >= 11 is -1.72. The van der Waals surface area contributed by atoms with Gasteiger partial charge in [-0.15, -0.1) is 0 Å². The Labute approximate surface area is 105 Å². The number of hydrogen-bond donors (Lipinski definition) is 0. The van der Waals surface area contributed by atoms with Crippen LogP contribution < -0.4 is 0 Å². The van der Waals surface area contributed by atoms with Gasteiger partial charge in [-0.05, 0) is 27.7 Å². The third-order valence-electron chi connectivity index (χ3n) is 2.68. The van der Waals surface area contributed by atoms with E-state index in [0.29, 0.717) is 0 Å². The molecular weight excluding hydrogens is 259 g/mol. The molecule has 0 aromatic rings. The summed E-state index contributed by atoms with van der Waals surface area (Å²) in [5.74, 6) is 0. The van der Waals surface area contributed by atoms with Crippen LogP contribution in [0.5, 0.6) is 0 Å². The summed E-state index contributed by atoms with van der Waals surface area (Å²) in [5.41, 5.74) is 0. The van der Waals surface area contributed by atoms with Gasteiger partial charge >= 0.3 is 11.4 Å². The predicted molar refractivity (Wildman–Crippen MR) is 67.7 cm³/mol. The standard InChI is InChI=1S/C8H20N.Al.3ClH.H2O/c1-5-9(6-2,7-3)8-4;;;;;/h5-8H2,1-4H3;;3*1H;1H2/q+1;+3;;;;/p-4. The lowest BCUT2D eigenvalue weighted by Gasteiger charge is -2.34. The second-order valence-electron chi connectivity index (χ2n) is 2.85. The molecule has 0 unspecified atom stereocenters. The number of rotatable bonds is 4. The molecule has 0 spiro atoms. The van der Waals surface area contributed by atoms with Crippen LogP contribution in [0.2, 0.25) is 0 Å². The topological polar surface area (TPSA) is 30.0 Å². The predicted octanol–water partition coefficient (Wildman–Crippen LogP) is 3.39. The minimum absolute atomic E-state index is 0. The van der Waals surface area contributed by atoms with Crippen LogP contribution in [-0.4, -0.2) is 47.5 Å². The van der Waals surface area contributed by atoms with Gasteiger partial charge in [0.1, 0.15) is 0 Å². The largest absolute Gasteiger partial charge is 0.870 e. The Balaban J connectivity index is -0.000000209. The van der Waals surface area contributed by atoms with Crippen molar-refractivity contribution in [1.82, 2.24) is 0 Å². The van der Waals surface area contributed by atoms with Crippen LogP contribution in [0, 0.1) is 0 Å². The molecule has 0 radical (unpaired) electrons. The Kier molecular flexibility index (Phi) is 18.3. The molecule has 0 fully saturated rings. The van der Waals surface area contributed by atoms with E-state index in [9.17, 15) is 0 Å². The molecular formula is C8H21AlCl3NO. The molecule has 0 saturated carbocycles. The van der Waals surface area contributed by atoms with Crippen molar-refractivity contribution in [2.45, 2.75) is 27.7 Å². The second kappa shape index (κ2) is 12.4. The molecule has 14 heavy (non-hydrogen) atoms. The summed E-state index contributed by atoms with van der Waals surface area (Å²) < 4.78 is 1.28. The van der Waals surface area contributed by atoms with Crippen LogP contribution in [0.15, 0.2) is 0 Å². The van der Waals surface area contributed by atoms with E-state index in [4.69, 9.17) is 30.1 Å². The molecule has 0 aromatic heterocycles. The van der Waals surface area contributed by atoms with Gasteiger partial charge in [-0.1, -0.05) is 0 Å². The van der Waals surface area contributed by atoms with Gasteiger partial charge in [0.25, 0.3) is 0 Å². The Morgan fingerprint density at radius 1 is 0.786 bits per heavy atom. The zero-order valence-corrected chi connectivity index (χ0v) is 12.9. The molecule has 0 rings (SSSR count). The van der Waals surface area contributed by atoms with Gasteiger partial charge in [0.2, 0.25) is 0 Å². The maximum absolute atomic E-state index is 4.94. The number of hydrogen-bond acceptors (Lipinski definition) is 1. The molecule has 0 aromatic carbocycles. The average Bonchev–Trinajstić information content (AvgIpc) is 2.09. The minimum Gasteiger partial charge on any atom is -0.870 e. The van der Waals surface area contributed by atoms with Crippen LogP contribution in [0.4, 0.5) is 0 Å². The van der Waals surface area contributed by atoms with Crippen LogP contribution in [0.25, 0.3) is 0 Å². The van der Waals surface area contributed by atoms with Crippen molar-refractivity contribution < 1.29 is 9.96 Å². The van der Waals surface area contributed by atoms with Gasteiger partial charge in [-0.25, -0.2) is 30.1 Å². The molecule has 6 heteroatoms. The second-order valence-corrected chi connectivity index (χ2v) is 9.29. The number of halogens is 3. The molecule has 0 bridgehead atoms. The van der Waals surface area contributed by atoms with Crippen molar-refractivity contribution in [2.75, 3.05) is 26.2 Å². The molecule has 2 nitrogen and oxygen atoms in total. The molecule has 0 aliphatic heterocycles. The van der Waals surface area contributed by atoms with Crippen molar-refractivity contribution >= 4 is 41.5 Å². The van der Waals surface area contributed by atoms with Crippen LogP contribution in [0.3, 0.4) is 0 Å². The normalized spacial score (nSPS) is 9.64. The molecule has 0 aliphatic carbocycles. The molecule has 0 saturated heterocycles. The van der Waals surface area contributed by atoms with Gasteiger partial charge in [-0.3, -0.25) is 0 Å². The summed E-state index contributed by atoms with van der Waals surface area (Å²) in [6, 6.07) is 0. The third-order valence-corrected chi connectivity index (χ3v) is 2.68. The maximum Gasteiger partial charge on any atom is 0.643 e. The van der Waals surface area contributed by atoms with Gasteiger partial charge in [0.05, 0.1) is 26.2 Å². The zero-order chi connectivity index (χ0) is 10.9. The smallest absolute Gasteiger partial charge is 0.643 e. The van der Waals surface area contributed by atoms with E-state index >= 15 is 0 Å². The first-order valence-corrected chi connectivity index (χ1v) is 9.99. The maximum atomic E-state index is 4.94. The van der Waals surface area contributed by atoms with Gasteiger partial charge in [0.15, 0.2) is 0 Å². The first kappa shape index (κ1) is 20.7. The summed E-state index contributed by atoms with van der Waals surface area (Å²) in [6.45, 7) is 14.2. The lowest BCUT2D eigenvalue weighted by Crippen LogP contribution is -2.47. The quantitative estimate of drug-likeness (QED) is 0.573. The van der Waals surface area contributed by atoms with E-state index in [1.54, 1.807) is 0 Å². The molecule has 0 atom stereocenters. The summed E-state index contributed by atoms with van der Waals surface area (Å²) in [5, 5.41) is 0. The highest BCUT2D eigenvalue weighted by Crippen LogP contribution is 2.03. The molecule has 0 aliphatic rings. The first-order chi connectivity index (χ1) is 5.97. The van der Waals surface area contributed by atoms with E-state index in [-0.39, 0.29) is 5.48 Å². The average molecular weight is 281 g/mol. The van der Waals surface area contributed by atoms with Gasteiger partial charge in [0, 0.05) is 0 Å². The van der Waals surface area contributed by atoms with Crippen molar-refractivity contribution in [2.24, 2.45) is 0 Å². The summed E-state index contributed by atoms with van der Waals surface area (Å²) in [4.78, 5) is 0. The van der Waals surface area contributed by atoms with Gasteiger partial charge < -0.3 is 9.96 Å². The Bertz CT molecular complexity index is 92.5. The van der Waals surface area contributed by atoms with E-state index in [2.05, 4.69) is 27.7 Å². The van der Waals surface area contributed by atoms with Crippen LogP contribution in [0.1, 0.15) is 27.7 Å². The van der Waals surface area contributed by atoms with Gasteiger partial charge in [-0.2, -0.15) is 0 Å². The fourth-order valence-electron chi connectivity index (χ4n) is 1.34. The molecule has 1 N–H and O–H groups in total. The Morgan fingerprint density at radius 3 is 0.929 bits per heavy atom. The van der Waals surface area contributed by atoms with E-state index in [0.717, 1.165) is 0 Å². The number of nitrogens with zero attached hydrogens (tertiary/aromatic N) is 1. The lowest BCUT2D eigenvalue weighted by atomic mass is 10.3. The SMILES string of the molecule is CC[N+](CC)(CC)CC.[Cl][Al]([Cl])[Cl].[OH-]. The molecule has 88 valence electrons. The Hall–Kier alpha value is 1.32. The highest BCUT2D eigenvalue weighted by atomic mass is 35.8. The monoisotopic (exact) mass is 279 g/mol. The van der Waals surface area contributed by atoms with Crippen LogP contribution >= 0.6 is 30.1 Å². The fraction of sp³-hybridized carbons (Fsp3) is 1.00. The van der Waals surface area contributed by atoms with Crippen LogP contribution in [-0.2, 0) is 0 Å². The van der Waals surface area contributed by atoms with E-state index in [1.807, 2.05) is 0 Å². The zero-order valence-electron chi connectivity index (χ0n) is 9.43. The first-order valence-electron chi connectivity index (χ1n) is 4.75.